The predicted octanol–water partition coefficient (Wildman–Crippen LogP) is 2.55. The zero-order chi connectivity index (χ0) is 28.8. The van der Waals surface area contributed by atoms with E-state index in [1.54, 1.807) is 24.4 Å². The molecule has 0 fully saturated rings. The summed E-state index contributed by atoms with van der Waals surface area (Å²) in [6, 6.07) is 6.69. The van der Waals surface area contributed by atoms with Crippen molar-refractivity contribution in [2.24, 2.45) is 0 Å². The number of aromatic nitrogens is 4. The van der Waals surface area contributed by atoms with Gasteiger partial charge in [-0.3, -0.25) is 14.3 Å². The molecular formula is C26H28Cl2N6O6. The lowest BCUT2D eigenvalue weighted by Gasteiger charge is -2.17. The van der Waals surface area contributed by atoms with Crippen molar-refractivity contribution < 1.29 is 24.8 Å². The molecule has 0 aliphatic carbocycles. The summed E-state index contributed by atoms with van der Waals surface area (Å²) in [6.45, 7) is -0.452. The molecule has 1 unspecified atom stereocenters. The van der Waals surface area contributed by atoms with E-state index in [1.165, 1.54) is 31.0 Å². The molecule has 14 heteroatoms. The van der Waals surface area contributed by atoms with Gasteiger partial charge in [0, 0.05) is 48.4 Å². The molecule has 0 aliphatic heterocycles. The summed E-state index contributed by atoms with van der Waals surface area (Å²) in [5, 5.41) is 34.3. The van der Waals surface area contributed by atoms with Gasteiger partial charge in [-0.25, -0.2) is 4.98 Å². The summed E-state index contributed by atoms with van der Waals surface area (Å²) in [7, 11) is 2.89. The Hall–Kier alpha value is -3.68. The van der Waals surface area contributed by atoms with Gasteiger partial charge in [-0.15, -0.1) is 0 Å². The van der Waals surface area contributed by atoms with E-state index in [2.05, 4.69) is 25.6 Å². The highest BCUT2D eigenvalue weighted by Crippen LogP contribution is 2.45. The first-order chi connectivity index (χ1) is 19.3. The van der Waals surface area contributed by atoms with E-state index in [9.17, 15) is 9.90 Å². The molecule has 0 saturated carbocycles. The molecule has 0 amide bonds. The van der Waals surface area contributed by atoms with Gasteiger partial charge >= 0.3 is 0 Å². The van der Waals surface area contributed by atoms with E-state index in [4.69, 9.17) is 42.9 Å². The predicted molar refractivity (Wildman–Crippen MR) is 153 cm³/mol. The maximum Gasteiger partial charge on any atom is 0.260 e. The average Bonchev–Trinajstić information content (AvgIpc) is 2.97. The molecule has 0 saturated heterocycles. The zero-order valence-electron chi connectivity index (χ0n) is 21.7. The van der Waals surface area contributed by atoms with Gasteiger partial charge in [0.1, 0.15) is 23.9 Å². The fourth-order valence-corrected chi connectivity index (χ4v) is 4.73. The van der Waals surface area contributed by atoms with Crippen LogP contribution in [0.3, 0.4) is 0 Å². The number of ether oxygens (including phenoxy) is 2. The Morgan fingerprint density at radius 3 is 2.35 bits per heavy atom. The van der Waals surface area contributed by atoms with Crippen LogP contribution >= 0.6 is 23.2 Å². The lowest BCUT2D eigenvalue weighted by Crippen LogP contribution is -2.26. The molecule has 12 nitrogen and oxygen atoms in total. The van der Waals surface area contributed by atoms with Crippen LogP contribution in [-0.2, 0) is 13.0 Å². The maximum atomic E-state index is 14.0. The van der Waals surface area contributed by atoms with Gasteiger partial charge in [0.2, 0.25) is 5.95 Å². The molecule has 0 radical (unpaired) electrons. The third kappa shape index (κ3) is 6.21. The SMILES string of the molecule is COc1cc(OC)c(Cl)c(-c2cc3cnc(NCC(O)CO)nc3n(CCc3ccc(NCO)cn3)c2=O)c1Cl. The number of nitrogens with one attached hydrogen (secondary N) is 2. The van der Waals surface area contributed by atoms with Crippen molar-refractivity contribution >= 4 is 45.9 Å². The molecule has 1 aromatic carbocycles. The van der Waals surface area contributed by atoms with Crippen LogP contribution in [0.5, 0.6) is 11.5 Å². The second-order valence-electron chi connectivity index (χ2n) is 8.61. The van der Waals surface area contributed by atoms with Crippen LogP contribution in [0.2, 0.25) is 10.0 Å². The van der Waals surface area contributed by atoms with Crippen LogP contribution in [0.15, 0.2) is 41.5 Å². The summed E-state index contributed by atoms with van der Waals surface area (Å²) in [4.78, 5) is 27.2. The molecule has 0 aliphatic rings. The van der Waals surface area contributed by atoms with Crippen LogP contribution in [0, 0.1) is 0 Å². The summed E-state index contributed by atoms with van der Waals surface area (Å²) >= 11 is 13.3. The quantitative estimate of drug-likeness (QED) is 0.154. The summed E-state index contributed by atoms with van der Waals surface area (Å²) in [5.41, 5.74) is 1.68. The minimum atomic E-state index is -1.01. The van der Waals surface area contributed by atoms with Crippen molar-refractivity contribution in [1.29, 1.82) is 0 Å². The van der Waals surface area contributed by atoms with E-state index < -0.39 is 18.3 Å². The normalized spacial score (nSPS) is 11.9. The number of aryl methyl sites for hydroxylation is 2. The van der Waals surface area contributed by atoms with Gasteiger partial charge in [0.25, 0.3) is 5.56 Å². The lowest BCUT2D eigenvalue weighted by atomic mass is 10.0. The first kappa shape index (κ1) is 29.3. The second kappa shape index (κ2) is 13.1. The van der Waals surface area contributed by atoms with Gasteiger partial charge in [-0.05, 0) is 18.2 Å². The zero-order valence-corrected chi connectivity index (χ0v) is 23.2. The number of pyridine rings is 2. The van der Waals surface area contributed by atoms with Gasteiger partial charge < -0.3 is 35.4 Å². The smallest absolute Gasteiger partial charge is 0.260 e. The number of benzene rings is 1. The Kier molecular flexibility index (Phi) is 9.61. The molecule has 1 atom stereocenters. The van der Waals surface area contributed by atoms with Crippen molar-refractivity contribution in [3.63, 3.8) is 0 Å². The first-order valence-corrected chi connectivity index (χ1v) is 12.9. The molecule has 4 rings (SSSR count). The highest BCUT2D eigenvalue weighted by atomic mass is 35.5. The van der Waals surface area contributed by atoms with Crippen LogP contribution in [0.4, 0.5) is 11.6 Å². The van der Waals surface area contributed by atoms with E-state index in [-0.39, 0.29) is 58.4 Å². The fraction of sp³-hybridized carbons (Fsp3) is 0.308. The molecule has 3 aromatic heterocycles. The number of halogens is 2. The summed E-state index contributed by atoms with van der Waals surface area (Å²) in [6.07, 6.45) is 2.48. The number of nitrogens with zero attached hydrogens (tertiary/aromatic N) is 4. The number of aliphatic hydroxyl groups excluding tert-OH is 3. The van der Waals surface area contributed by atoms with Crippen molar-refractivity contribution in [3.05, 3.63) is 62.8 Å². The molecule has 5 N–H and O–H groups in total. The fourth-order valence-electron chi connectivity index (χ4n) is 4.02. The van der Waals surface area contributed by atoms with Gasteiger partial charge in [-0.1, -0.05) is 23.2 Å². The number of hydrogen-bond acceptors (Lipinski definition) is 11. The number of hydrogen-bond donors (Lipinski definition) is 5. The number of methoxy groups -OCH3 is 2. The molecule has 0 bridgehead atoms. The molecule has 40 heavy (non-hydrogen) atoms. The van der Waals surface area contributed by atoms with Crippen LogP contribution in [-0.4, -0.2) is 75.0 Å². The minimum absolute atomic E-state index is 0.0112. The number of aliphatic hydroxyl groups is 3. The summed E-state index contributed by atoms with van der Waals surface area (Å²) < 4.78 is 12.2. The monoisotopic (exact) mass is 590 g/mol. The molecular weight excluding hydrogens is 563 g/mol. The van der Waals surface area contributed by atoms with Crippen molar-refractivity contribution in [3.8, 4) is 22.6 Å². The third-order valence-electron chi connectivity index (χ3n) is 6.08. The Labute approximate surface area is 239 Å². The number of fused-ring (bicyclic) bond motifs is 1. The van der Waals surface area contributed by atoms with Crippen molar-refractivity contribution in [2.45, 2.75) is 19.1 Å². The first-order valence-electron chi connectivity index (χ1n) is 12.1. The Morgan fingerprint density at radius 1 is 1.02 bits per heavy atom. The topological polar surface area (TPSA) is 164 Å². The summed E-state index contributed by atoms with van der Waals surface area (Å²) in [5.74, 6) is 0.725. The molecule has 212 valence electrons. The van der Waals surface area contributed by atoms with Crippen molar-refractivity contribution in [2.75, 3.05) is 44.7 Å². The Bertz CT molecular complexity index is 1520. The highest BCUT2D eigenvalue weighted by molar-refractivity contribution is 6.41. The van der Waals surface area contributed by atoms with Gasteiger partial charge in [-0.2, -0.15) is 4.98 Å². The maximum absolute atomic E-state index is 14.0. The largest absolute Gasteiger partial charge is 0.495 e. The van der Waals surface area contributed by atoms with Crippen LogP contribution < -0.4 is 25.7 Å². The minimum Gasteiger partial charge on any atom is -0.495 e. The Balaban J connectivity index is 1.86. The highest BCUT2D eigenvalue weighted by Gasteiger charge is 2.23. The van der Waals surface area contributed by atoms with Crippen LogP contribution in [0.1, 0.15) is 5.69 Å². The van der Waals surface area contributed by atoms with Crippen molar-refractivity contribution in [1.82, 2.24) is 19.5 Å². The van der Waals surface area contributed by atoms with E-state index >= 15 is 0 Å². The third-order valence-corrected chi connectivity index (χ3v) is 6.83. The lowest BCUT2D eigenvalue weighted by molar-refractivity contribution is 0.105. The molecule has 4 aromatic rings. The number of rotatable bonds is 12. The van der Waals surface area contributed by atoms with Crippen LogP contribution in [0.25, 0.3) is 22.2 Å². The van der Waals surface area contributed by atoms with E-state index in [1.807, 2.05) is 0 Å². The van der Waals surface area contributed by atoms with Gasteiger partial charge in [0.15, 0.2) is 0 Å². The van der Waals surface area contributed by atoms with E-state index in [0.29, 0.717) is 28.8 Å². The number of anilines is 2. The Morgan fingerprint density at radius 2 is 1.75 bits per heavy atom. The molecule has 0 spiro atoms. The van der Waals surface area contributed by atoms with Gasteiger partial charge in [0.05, 0.1) is 54.4 Å². The average molecular weight is 591 g/mol. The second-order valence-corrected chi connectivity index (χ2v) is 9.37. The van der Waals surface area contributed by atoms with E-state index in [0.717, 1.165) is 0 Å². The molecule has 3 heterocycles. The standard InChI is InChI=1S/C26H28Cl2N6O6/c1-39-19-8-20(40-2)23(28)21(22(19)27)18-7-14-9-30-26(31-11-17(37)12-35)33-24(14)34(25(18)38)6-5-15-3-4-16(10-29-15)32-13-36/h3-4,7-10,17,32,35-37H,5-6,11-13H2,1-2H3,(H,30,31,33).